The molecule has 0 amide bonds. The third-order valence-corrected chi connectivity index (χ3v) is 2.55. The number of methoxy groups -OCH3 is 1. The van der Waals surface area contributed by atoms with E-state index in [1.54, 1.807) is 14.0 Å². The maximum atomic E-state index is 11.5. The molecule has 0 aliphatic carbocycles. The molecule has 102 valence electrons. The number of aromatic nitrogens is 2. The van der Waals surface area contributed by atoms with Crippen molar-refractivity contribution in [3.63, 3.8) is 0 Å². The second-order valence-electron chi connectivity index (χ2n) is 3.40. The number of ether oxygens (including phenoxy) is 3. The quantitative estimate of drug-likeness (QED) is 0.530. The summed E-state index contributed by atoms with van der Waals surface area (Å²) in [4.78, 5) is 11.5. The van der Waals surface area contributed by atoms with E-state index in [1.807, 2.05) is 0 Å². The van der Waals surface area contributed by atoms with E-state index >= 15 is 0 Å². The Labute approximate surface area is 111 Å². The van der Waals surface area contributed by atoms with Crippen LogP contribution in [0.3, 0.4) is 0 Å². The van der Waals surface area contributed by atoms with E-state index in [0.29, 0.717) is 33.0 Å². The Morgan fingerprint density at radius 3 is 2.89 bits per heavy atom. The summed E-state index contributed by atoms with van der Waals surface area (Å²) in [5, 5.41) is 4.28. The first-order valence-electron chi connectivity index (χ1n) is 5.65. The number of carbonyl (C=O) groups is 1. The summed E-state index contributed by atoms with van der Waals surface area (Å²) in [6.07, 6.45) is 1.40. The van der Waals surface area contributed by atoms with Crippen molar-refractivity contribution in [3.8, 4) is 0 Å². The van der Waals surface area contributed by atoms with Crippen LogP contribution in [0.4, 0.5) is 0 Å². The molecule has 0 radical (unpaired) electrons. The van der Waals surface area contributed by atoms with Gasteiger partial charge in [-0.2, -0.15) is 5.10 Å². The Kier molecular flexibility index (Phi) is 6.70. The highest BCUT2D eigenvalue weighted by molar-refractivity contribution is 6.32. The third-order valence-electron chi connectivity index (χ3n) is 2.15. The van der Waals surface area contributed by atoms with Crippen molar-refractivity contribution in [3.05, 3.63) is 16.9 Å². The van der Waals surface area contributed by atoms with Gasteiger partial charge in [0.1, 0.15) is 10.7 Å². The van der Waals surface area contributed by atoms with E-state index < -0.39 is 5.97 Å². The highest BCUT2D eigenvalue weighted by Gasteiger charge is 2.16. The molecule has 0 aromatic carbocycles. The first-order valence-corrected chi connectivity index (χ1v) is 6.03. The van der Waals surface area contributed by atoms with Crippen molar-refractivity contribution in [2.45, 2.75) is 13.5 Å². The molecular weight excluding hydrogens is 260 g/mol. The smallest absolute Gasteiger partial charge is 0.342 e. The largest absolute Gasteiger partial charge is 0.462 e. The van der Waals surface area contributed by atoms with Crippen LogP contribution >= 0.6 is 11.6 Å². The molecule has 7 heteroatoms. The van der Waals surface area contributed by atoms with E-state index in [-0.39, 0.29) is 10.7 Å². The van der Waals surface area contributed by atoms with Crippen LogP contribution in [-0.2, 0) is 20.8 Å². The normalized spacial score (nSPS) is 10.6. The standard InChI is InChI=1S/C11H17ClN2O4/c1-3-18-11(15)9-8-13-14(10(9)12)4-5-17-7-6-16-2/h8H,3-7H2,1-2H3. The van der Waals surface area contributed by atoms with Gasteiger partial charge in [-0.3, -0.25) is 4.68 Å². The molecule has 6 nitrogen and oxygen atoms in total. The molecule has 0 atom stereocenters. The first-order chi connectivity index (χ1) is 8.70. The van der Waals surface area contributed by atoms with E-state index in [4.69, 9.17) is 25.8 Å². The topological polar surface area (TPSA) is 62.6 Å². The van der Waals surface area contributed by atoms with Crippen molar-refractivity contribution >= 4 is 17.6 Å². The fourth-order valence-electron chi connectivity index (χ4n) is 1.27. The van der Waals surface area contributed by atoms with Gasteiger partial charge in [0.15, 0.2) is 0 Å². The molecule has 0 saturated heterocycles. The average molecular weight is 277 g/mol. The molecular formula is C11H17ClN2O4. The summed E-state index contributed by atoms with van der Waals surface area (Å²) < 4.78 is 16.5. The Morgan fingerprint density at radius 1 is 1.44 bits per heavy atom. The average Bonchev–Trinajstić information content (AvgIpc) is 2.71. The predicted octanol–water partition coefficient (Wildman–Crippen LogP) is 1.38. The van der Waals surface area contributed by atoms with Crippen LogP contribution < -0.4 is 0 Å². The molecule has 0 N–H and O–H groups in total. The monoisotopic (exact) mass is 276 g/mol. The molecule has 1 aromatic rings. The van der Waals surface area contributed by atoms with Gasteiger partial charge < -0.3 is 14.2 Å². The van der Waals surface area contributed by atoms with E-state index in [2.05, 4.69) is 5.10 Å². The molecule has 1 heterocycles. The van der Waals surface area contributed by atoms with Gasteiger partial charge in [0.2, 0.25) is 0 Å². The molecule has 0 bridgehead atoms. The summed E-state index contributed by atoms with van der Waals surface area (Å²) in [6.45, 7) is 4.02. The van der Waals surface area contributed by atoms with Crippen molar-refractivity contribution in [2.24, 2.45) is 0 Å². The summed E-state index contributed by atoms with van der Waals surface area (Å²) in [6, 6.07) is 0. The molecule has 0 aliphatic rings. The van der Waals surface area contributed by atoms with E-state index in [9.17, 15) is 4.79 Å². The minimum atomic E-state index is -0.464. The lowest BCUT2D eigenvalue weighted by atomic mass is 10.4. The van der Waals surface area contributed by atoms with Crippen LogP contribution in [0.5, 0.6) is 0 Å². The van der Waals surface area contributed by atoms with Gasteiger partial charge in [0.05, 0.1) is 39.2 Å². The van der Waals surface area contributed by atoms with Crippen molar-refractivity contribution in [1.29, 1.82) is 0 Å². The van der Waals surface area contributed by atoms with Crippen LogP contribution in [0.25, 0.3) is 0 Å². The third kappa shape index (κ3) is 4.29. The number of halogens is 1. The van der Waals surface area contributed by atoms with Crippen LogP contribution in [-0.4, -0.2) is 49.3 Å². The molecule has 1 aromatic heterocycles. The van der Waals surface area contributed by atoms with Crippen LogP contribution in [0.2, 0.25) is 5.15 Å². The summed E-state index contributed by atoms with van der Waals surface area (Å²) in [7, 11) is 1.61. The Morgan fingerprint density at radius 2 is 2.22 bits per heavy atom. The zero-order chi connectivity index (χ0) is 13.4. The second kappa shape index (κ2) is 8.07. The number of carbonyl (C=O) groups excluding carboxylic acids is 1. The first kappa shape index (κ1) is 14.9. The molecule has 0 unspecified atom stereocenters. The fraction of sp³-hybridized carbons (Fsp3) is 0.636. The van der Waals surface area contributed by atoms with Gasteiger partial charge in [-0.25, -0.2) is 4.79 Å². The SMILES string of the molecule is CCOC(=O)c1cnn(CCOCCOC)c1Cl. The minimum absolute atomic E-state index is 0.267. The minimum Gasteiger partial charge on any atom is -0.462 e. The predicted molar refractivity (Wildman–Crippen MR) is 65.9 cm³/mol. The van der Waals surface area contributed by atoms with Gasteiger partial charge >= 0.3 is 5.97 Å². The zero-order valence-corrected chi connectivity index (χ0v) is 11.3. The molecule has 0 fully saturated rings. The van der Waals surface area contributed by atoms with Crippen LogP contribution in [0.15, 0.2) is 6.20 Å². The van der Waals surface area contributed by atoms with Gasteiger partial charge in [-0.15, -0.1) is 0 Å². The second-order valence-corrected chi connectivity index (χ2v) is 3.76. The molecule has 0 saturated carbocycles. The lowest BCUT2D eigenvalue weighted by Crippen LogP contribution is -2.11. The number of rotatable bonds is 8. The van der Waals surface area contributed by atoms with Crippen molar-refractivity contribution in [1.82, 2.24) is 9.78 Å². The number of hydrogen-bond donors (Lipinski definition) is 0. The Hall–Kier alpha value is -1.11. The van der Waals surface area contributed by atoms with Crippen LogP contribution in [0, 0.1) is 0 Å². The molecule has 0 spiro atoms. The Bertz CT molecular complexity index is 381. The lowest BCUT2D eigenvalue weighted by molar-refractivity contribution is 0.0526. The molecule has 0 aliphatic heterocycles. The van der Waals surface area contributed by atoms with Crippen LogP contribution in [0.1, 0.15) is 17.3 Å². The Balaban J connectivity index is 2.45. The molecule has 18 heavy (non-hydrogen) atoms. The highest BCUT2D eigenvalue weighted by atomic mass is 35.5. The van der Waals surface area contributed by atoms with Crippen molar-refractivity contribution in [2.75, 3.05) is 33.5 Å². The van der Waals surface area contributed by atoms with E-state index in [1.165, 1.54) is 10.9 Å². The zero-order valence-electron chi connectivity index (χ0n) is 10.5. The fourth-order valence-corrected chi connectivity index (χ4v) is 1.52. The number of esters is 1. The van der Waals surface area contributed by atoms with Crippen molar-refractivity contribution < 1.29 is 19.0 Å². The summed E-state index contributed by atoms with van der Waals surface area (Å²) >= 11 is 6.01. The lowest BCUT2D eigenvalue weighted by Gasteiger charge is -2.05. The van der Waals surface area contributed by atoms with Gasteiger partial charge in [0, 0.05) is 7.11 Å². The summed E-state index contributed by atoms with van der Waals surface area (Å²) in [5.74, 6) is -0.464. The maximum absolute atomic E-state index is 11.5. The van der Waals surface area contributed by atoms with Gasteiger partial charge in [-0.05, 0) is 6.92 Å². The molecule has 1 rings (SSSR count). The van der Waals surface area contributed by atoms with E-state index in [0.717, 1.165) is 0 Å². The number of hydrogen-bond acceptors (Lipinski definition) is 5. The van der Waals surface area contributed by atoms with Gasteiger partial charge in [0.25, 0.3) is 0 Å². The number of nitrogens with zero attached hydrogens (tertiary/aromatic N) is 2. The summed E-state index contributed by atoms with van der Waals surface area (Å²) in [5.41, 5.74) is 0.274. The highest BCUT2D eigenvalue weighted by Crippen LogP contribution is 2.16. The van der Waals surface area contributed by atoms with Gasteiger partial charge in [-0.1, -0.05) is 11.6 Å². The maximum Gasteiger partial charge on any atom is 0.342 e.